The minimum Gasteiger partial charge on any atom is -0.392 e. The van der Waals surface area contributed by atoms with Crippen molar-refractivity contribution in [3.63, 3.8) is 0 Å². The van der Waals surface area contributed by atoms with Gasteiger partial charge in [0.2, 0.25) is 0 Å². The molecule has 0 aliphatic heterocycles. The standard InChI is InChI=1S/C9H13NO/c1-7(10)9-4-2-8(6-11)3-5-9/h2-5,7,11H,6,10H2,1H3. The molecule has 0 aromatic heterocycles. The van der Waals surface area contributed by atoms with Crippen LogP contribution in [0.25, 0.3) is 0 Å². The van der Waals surface area contributed by atoms with Gasteiger partial charge in [-0.05, 0) is 18.1 Å². The summed E-state index contributed by atoms with van der Waals surface area (Å²) in [6, 6.07) is 7.73. The maximum atomic E-state index is 8.74. The highest BCUT2D eigenvalue weighted by molar-refractivity contribution is 5.23. The maximum absolute atomic E-state index is 8.74. The molecule has 0 amide bonds. The Morgan fingerprint density at radius 3 is 2.27 bits per heavy atom. The Morgan fingerprint density at radius 2 is 1.91 bits per heavy atom. The van der Waals surface area contributed by atoms with E-state index in [0.29, 0.717) is 0 Å². The molecule has 1 rings (SSSR count). The lowest BCUT2D eigenvalue weighted by Gasteiger charge is -2.04. The van der Waals surface area contributed by atoms with Crippen molar-refractivity contribution in [2.24, 2.45) is 5.73 Å². The van der Waals surface area contributed by atoms with Gasteiger partial charge in [-0.25, -0.2) is 0 Å². The summed E-state index contributed by atoms with van der Waals surface area (Å²) < 4.78 is 0. The van der Waals surface area contributed by atoms with Crippen molar-refractivity contribution in [1.29, 1.82) is 0 Å². The van der Waals surface area contributed by atoms with Gasteiger partial charge in [0, 0.05) is 6.04 Å². The first-order valence-electron chi connectivity index (χ1n) is 3.69. The molecule has 0 aliphatic carbocycles. The Labute approximate surface area is 66.7 Å². The highest BCUT2D eigenvalue weighted by Gasteiger charge is 1.97. The SMILES string of the molecule is CC(N)c1ccc(CO)cc1. The Kier molecular flexibility index (Phi) is 2.63. The Hall–Kier alpha value is -0.860. The van der Waals surface area contributed by atoms with E-state index in [2.05, 4.69) is 0 Å². The van der Waals surface area contributed by atoms with E-state index in [9.17, 15) is 0 Å². The van der Waals surface area contributed by atoms with Crippen LogP contribution in [0.15, 0.2) is 24.3 Å². The van der Waals surface area contributed by atoms with Crippen molar-refractivity contribution in [2.75, 3.05) is 0 Å². The molecular weight excluding hydrogens is 138 g/mol. The highest BCUT2D eigenvalue weighted by Crippen LogP contribution is 2.10. The van der Waals surface area contributed by atoms with Crippen molar-refractivity contribution in [2.45, 2.75) is 19.6 Å². The molecule has 0 saturated carbocycles. The van der Waals surface area contributed by atoms with Gasteiger partial charge in [0.25, 0.3) is 0 Å². The Morgan fingerprint density at radius 1 is 1.36 bits per heavy atom. The van der Waals surface area contributed by atoms with Crippen LogP contribution in [-0.2, 0) is 6.61 Å². The molecule has 0 saturated heterocycles. The number of benzene rings is 1. The van der Waals surface area contributed by atoms with Gasteiger partial charge >= 0.3 is 0 Å². The highest BCUT2D eigenvalue weighted by atomic mass is 16.3. The molecule has 1 unspecified atom stereocenters. The lowest BCUT2D eigenvalue weighted by Crippen LogP contribution is -2.04. The van der Waals surface area contributed by atoms with E-state index in [0.717, 1.165) is 11.1 Å². The van der Waals surface area contributed by atoms with Crippen LogP contribution in [0.5, 0.6) is 0 Å². The van der Waals surface area contributed by atoms with Gasteiger partial charge in [0.05, 0.1) is 6.61 Å². The van der Waals surface area contributed by atoms with Crippen LogP contribution in [-0.4, -0.2) is 5.11 Å². The van der Waals surface area contributed by atoms with Gasteiger partial charge in [-0.15, -0.1) is 0 Å². The largest absolute Gasteiger partial charge is 0.392 e. The maximum Gasteiger partial charge on any atom is 0.0681 e. The zero-order chi connectivity index (χ0) is 8.27. The van der Waals surface area contributed by atoms with E-state index in [1.165, 1.54) is 0 Å². The minimum atomic E-state index is 0.0720. The number of hydrogen-bond donors (Lipinski definition) is 2. The second-order valence-electron chi connectivity index (χ2n) is 2.69. The summed E-state index contributed by atoms with van der Waals surface area (Å²) in [6.45, 7) is 2.03. The van der Waals surface area contributed by atoms with Crippen LogP contribution in [0.4, 0.5) is 0 Å². The second kappa shape index (κ2) is 3.51. The predicted molar refractivity (Wildman–Crippen MR) is 45.0 cm³/mol. The van der Waals surface area contributed by atoms with Gasteiger partial charge in [-0.3, -0.25) is 0 Å². The molecule has 11 heavy (non-hydrogen) atoms. The monoisotopic (exact) mass is 151 g/mol. The summed E-state index contributed by atoms with van der Waals surface area (Å²) in [6.07, 6.45) is 0. The summed E-state index contributed by atoms with van der Waals surface area (Å²) in [5.41, 5.74) is 7.67. The molecule has 2 heteroatoms. The van der Waals surface area contributed by atoms with Gasteiger partial charge in [0.1, 0.15) is 0 Å². The number of aliphatic hydroxyl groups is 1. The first kappa shape index (κ1) is 8.24. The van der Waals surface area contributed by atoms with Crippen LogP contribution in [0.2, 0.25) is 0 Å². The third-order valence-electron chi connectivity index (χ3n) is 1.69. The summed E-state index contributed by atoms with van der Waals surface area (Å²) in [5, 5.41) is 8.74. The van der Waals surface area contributed by atoms with Crippen molar-refractivity contribution in [1.82, 2.24) is 0 Å². The molecule has 1 aromatic rings. The molecule has 60 valence electrons. The molecule has 3 N–H and O–H groups in total. The van der Waals surface area contributed by atoms with Crippen LogP contribution in [0.3, 0.4) is 0 Å². The van der Waals surface area contributed by atoms with Crippen LogP contribution < -0.4 is 5.73 Å². The third-order valence-corrected chi connectivity index (χ3v) is 1.69. The third kappa shape index (κ3) is 2.03. The molecule has 0 aliphatic rings. The van der Waals surface area contributed by atoms with Crippen molar-refractivity contribution < 1.29 is 5.11 Å². The van der Waals surface area contributed by atoms with E-state index in [4.69, 9.17) is 10.8 Å². The topological polar surface area (TPSA) is 46.2 Å². The predicted octanol–water partition coefficient (Wildman–Crippen LogP) is 1.20. The molecule has 2 nitrogen and oxygen atoms in total. The average Bonchev–Trinajstić information content (AvgIpc) is 2.05. The molecule has 0 fully saturated rings. The van der Waals surface area contributed by atoms with Gasteiger partial charge in [-0.2, -0.15) is 0 Å². The van der Waals surface area contributed by atoms with Gasteiger partial charge in [0.15, 0.2) is 0 Å². The molecule has 0 bridgehead atoms. The van der Waals surface area contributed by atoms with Gasteiger partial charge in [-0.1, -0.05) is 24.3 Å². The number of nitrogens with two attached hydrogens (primary N) is 1. The van der Waals surface area contributed by atoms with E-state index in [-0.39, 0.29) is 12.6 Å². The zero-order valence-electron chi connectivity index (χ0n) is 6.62. The number of hydrogen-bond acceptors (Lipinski definition) is 2. The van der Waals surface area contributed by atoms with Gasteiger partial charge < -0.3 is 10.8 Å². The van der Waals surface area contributed by atoms with Crippen molar-refractivity contribution in [3.05, 3.63) is 35.4 Å². The summed E-state index contributed by atoms with van der Waals surface area (Å²) in [7, 11) is 0. The molecule has 0 spiro atoms. The number of aliphatic hydroxyl groups excluding tert-OH is 1. The van der Waals surface area contributed by atoms with Crippen molar-refractivity contribution >= 4 is 0 Å². The number of rotatable bonds is 2. The molecule has 1 atom stereocenters. The molecule has 1 aromatic carbocycles. The van der Waals surface area contributed by atoms with E-state index in [1.807, 2.05) is 31.2 Å². The first-order valence-corrected chi connectivity index (χ1v) is 3.69. The Balaban J connectivity index is 2.83. The fourth-order valence-corrected chi connectivity index (χ4v) is 0.927. The summed E-state index contributed by atoms with van der Waals surface area (Å²) >= 11 is 0. The average molecular weight is 151 g/mol. The molecule has 0 radical (unpaired) electrons. The van der Waals surface area contributed by atoms with Crippen LogP contribution >= 0.6 is 0 Å². The molecule has 0 heterocycles. The zero-order valence-corrected chi connectivity index (χ0v) is 6.62. The fraction of sp³-hybridized carbons (Fsp3) is 0.333. The van der Waals surface area contributed by atoms with Crippen molar-refractivity contribution in [3.8, 4) is 0 Å². The van der Waals surface area contributed by atoms with E-state index < -0.39 is 0 Å². The first-order chi connectivity index (χ1) is 5.24. The second-order valence-corrected chi connectivity index (χ2v) is 2.69. The quantitative estimate of drug-likeness (QED) is 0.667. The smallest absolute Gasteiger partial charge is 0.0681 e. The fourth-order valence-electron chi connectivity index (χ4n) is 0.927. The van der Waals surface area contributed by atoms with E-state index >= 15 is 0 Å². The summed E-state index contributed by atoms with van der Waals surface area (Å²) in [5.74, 6) is 0. The normalized spacial score (nSPS) is 13.0. The molecular formula is C9H13NO. The summed E-state index contributed by atoms with van der Waals surface area (Å²) in [4.78, 5) is 0. The van der Waals surface area contributed by atoms with Crippen LogP contribution in [0.1, 0.15) is 24.1 Å². The Bertz CT molecular complexity index is 216. The lowest BCUT2D eigenvalue weighted by molar-refractivity contribution is 0.282. The minimum absolute atomic E-state index is 0.0720. The van der Waals surface area contributed by atoms with E-state index in [1.54, 1.807) is 0 Å². The van der Waals surface area contributed by atoms with Crippen LogP contribution in [0, 0.1) is 0 Å². The lowest BCUT2D eigenvalue weighted by atomic mass is 10.1.